The van der Waals surface area contributed by atoms with E-state index in [-0.39, 0.29) is 12.3 Å². The van der Waals surface area contributed by atoms with E-state index >= 15 is 0 Å². The van der Waals surface area contributed by atoms with Crippen LogP contribution in [0.15, 0.2) is 24.3 Å². The SMILES string of the molecule is Cc1ccc(CS(=O)(=O)N(C)CC(C)(C)NC(=O)OC(C)(C)C)cc1. The summed E-state index contributed by atoms with van der Waals surface area (Å²) in [6.45, 7) is 10.9. The molecular weight excluding hydrogens is 340 g/mol. The van der Waals surface area contributed by atoms with Gasteiger partial charge < -0.3 is 10.1 Å². The van der Waals surface area contributed by atoms with Gasteiger partial charge in [-0.3, -0.25) is 0 Å². The zero-order valence-electron chi connectivity index (χ0n) is 16.2. The van der Waals surface area contributed by atoms with Crippen molar-refractivity contribution < 1.29 is 17.9 Å². The van der Waals surface area contributed by atoms with Gasteiger partial charge in [-0.15, -0.1) is 0 Å². The Labute approximate surface area is 151 Å². The van der Waals surface area contributed by atoms with Gasteiger partial charge in [-0.2, -0.15) is 0 Å². The number of hydrogen-bond donors (Lipinski definition) is 1. The third-order valence-electron chi connectivity index (χ3n) is 3.40. The zero-order chi connectivity index (χ0) is 19.5. The lowest BCUT2D eigenvalue weighted by Crippen LogP contribution is -2.53. The van der Waals surface area contributed by atoms with Gasteiger partial charge in [0.1, 0.15) is 5.60 Å². The van der Waals surface area contributed by atoms with Gasteiger partial charge in [-0.1, -0.05) is 29.8 Å². The van der Waals surface area contributed by atoms with Gasteiger partial charge in [0.25, 0.3) is 0 Å². The highest BCUT2D eigenvalue weighted by molar-refractivity contribution is 7.88. The van der Waals surface area contributed by atoms with Crippen molar-refractivity contribution in [1.82, 2.24) is 9.62 Å². The molecule has 0 radical (unpaired) electrons. The molecule has 0 saturated carbocycles. The van der Waals surface area contributed by atoms with Crippen LogP contribution in [-0.4, -0.2) is 43.5 Å². The summed E-state index contributed by atoms with van der Waals surface area (Å²) in [5.74, 6) is -0.0771. The summed E-state index contributed by atoms with van der Waals surface area (Å²) in [6.07, 6.45) is -0.568. The molecule has 6 nitrogen and oxygen atoms in total. The largest absolute Gasteiger partial charge is 0.444 e. The summed E-state index contributed by atoms with van der Waals surface area (Å²) in [6, 6.07) is 7.40. The topological polar surface area (TPSA) is 75.7 Å². The Hall–Kier alpha value is -1.60. The molecule has 0 aliphatic heterocycles. The van der Waals surface area contributed by atoms with E-state index in [2.05, 4.69) is 5.32 Å². The molecule has 0 saturated heterocycles. The van der Waals surface area contributed by atoms with Crippen molar-refractivity contribution in [2.24, 2.45) is 0 Å². The van der Waals surface area contributed by atoms with Gasteiger partial charge in [0.2, 0.25) is 10.0 Å². The molecule has 1 aromatic carbocycles. The Bertz CT molecular complexity index is 689. The van der Waals surface area contributed by atoms with Gasteiger partial charge in [-0.05, 0) is 47.1 Å². The fourth-order valence-electron chi connectivity index (χ4n) is 2.28. The summed E-state index contributed by atoms with van der Waals surface area (Å²) < 4.78 is 31.6. The van der Waals surface area contributed by atoms with Crippen LogP contribution in [0.3, 0.4) is 0 Å². The molecule has 1 amide bonds. The highest BCUT2D eigenvalue weighted by Crippen LogP contribution is 2.15. The van der Waals surface area contributed by atoms with Crippen LogP contribution in [-0.2, 0) is 20.5 Å². The number of sulfonamides is 1. The first-order valence-electron chi connectivity index (χ1n) is 8.21. The van der Waals surface area contributed by atoms with Crippen molar-refractivity contribution in [3.63, 3.8) is 0 Å². The third-order valence-corrected chi connectivity index (χ3v) is 5.18. The van der Waals surface area contributed by atoms with Gasteiger partial charge in [0.05, 0.1) is 11.3 Å². The van der Waals surface area contributed by atoms with Crippen LogP contribution in [0.4, 0.5) is 4.79 Å². The monoisotopic (exact) mass is 370 g/mol. The molecule has 0 heterocycles. The molecule has 0 spiro atoms. The number of rotatable bonds is 6. The molecule has 0 aliphatic carbocycles. The van der Waals surface area contributed by atoms with E-state index in [0.717, 1.165) is 11.1 Å². The minimum absolute atomic E-state index is 0.0771. The molecule has 0 unspecified atom stereocenters. The van der Waals surface area contributed by atoms with Crippen LogP contribution in [0.25, 0.3) is 0 Å². The summed E-state index contributed by atoms with van der Waals surface area (Å²) in [4.78, 5) is 11.9. The van der Waals surface area contributed by atoms with E-state index in [9.17, 15) is 13.2 Å². The number of hydrogen-bond acceptors (Lipinski definition) is 4. The smallest absolute Gasteiger partial charge is 0.408 e. The van der Waals surface area contributed by atoms with E-state index in [0.29, 0.717) is 0 Å². The summed E-state index contributed by atoms with van der Waals surface area (Å²) in [7, 11) is -1.97. The average molecular weight is 371 g/mol. The van der Waals surface area contributed by atoms with Crippen molar-refractivity contribution in [2.45, 2.75) is 58.4 Å². The third kappa shape index (κ3) is 7.88. The van der Waals surface area contributed by atoms with E-state index < -0.39 is 27.3 Å². The average Bonchev–Trinajstić information content (AvgIpc) is 2.37. The minimum Gasteiger partial charge on any atom is -0.444 e. The Kier molecular flexibility index (Phi) is 6.64. The molecule has 142 valence electrons. The van der Waals surface area contributed by atoms with Gasteiger partial charge in [-0.25, -0.2) is 17.5 Å². The highest BCUT2D eigenvalue weighted by Gasteiger charge is 2.30. The van der Waals surface area contributed by atoms with Crippen LogP contribution in [0.5, 0.6) is 0 Å². The number of nitrogens with one attached hydrogen (secondary N) is 1. The molecular formula is C18H30N2O4S. The fourth-order valence-corrected chi connectivity index (χ4v) is 3.63. The standard InChI is InChI=1S/C18H30N2O4S/c1-14-8-10-15(11-9-14)12-25(22,23)20(7)13-18(5,6)19-16(21)24-17(2,3)4/h8-11H,12-13H2,1-7H3,(H,19,21). The van der Waals surface area contributed by atoms with Crippen molar-refractivity contribution in [1.29, 1.82) is 0 Å². The Morgan fingerprint density at radius 3 is 2.12 bits per heavy atom. The Morgan fingerprint density at radius 2 is 1.64 bits per heavy atom. The van der Waals surface area contributed by atoms with Crippen molar-refractivity contribution in [2.75, 3.05) is 13.6 Å². The number of amides is 1. The highest BCUT2D eigenvalue weighted by atomic mass is 32.2. The predicted octanol–water partition coefficient (Wildman–Crippen LogP) is 3.06. The summed E-state index contributed by atoms with van der Waals surface area (Å²) in [5.41, 5.74) is 0.439. The second kappa shape index (κ2) is 7.74. The van der Waals surface area contributed by atoms with Crippen molar-refractivity contribution >= 4 is 16.1 Å². The van der Waals surface area contributed by atoms with E-state index in [1.807, 2.05) is 31.2 Å². The van der Waals surface area contributed by atoms with Crippen molar-refractivity contribution in [3.8, 4) is 0 Å². The fraction of sp³-hybridized carbons (Fsp3) is 0.611. The number of carbonyl (C=O) groups is 1. The first-order chi connectivity index (χ1) is 11.2. The first-order valence-corrected chi connectivity index (χ1v) is 9.82. The number of carbonyl (C=O) groups excluding carboxylic acids is 1. The number of benzene rings is 1. The van der Waals surface area contributed by atoms with Gasteiger partial charge >= 0.3 is 6.09 Å². The van der Waals surface area contributed by atoms with Gasteiger partial charge in [0.15, 0.2) is 0 Å². The molecule has 1 rings (SSSR count). The Morgan fingerprint density at radius 1 is 1.12 bits per heavy atom. The Balaban J connectivity index is 2.72. The quantitative estimate of drug-likeness (QED) is 0.835. The predicted molar refractivity (Wildman–Crippen MR) is 99.9 cm³/mol. The number of ether oxygens (including phenoxy) is 1. The van der Waals surface area contributed by atoms with Gasteiger partial charge in [0, 0.05) is 13.6 Å². The molecule has 0 aromatic heterocycles. The van der Waals surface area contributed by atoms with Crippen LogP contribution in [0.2, 0.25) is 0 Å². The first kappa shape index (κ1) is 21.4. The molecule has 1 N–H and O–H groups in total. The lowest BCUT2D eigenvalue weighted by Gasteiger charge is -2.32. The second-order valence-corrected chi connectivity index (χ2v) is 10.1. The maximum Gasteiger partial charge on any atom is 0.408 e. The molecule has 25 heavy (non-hydrogen) atoms. The van der Waals surface area contributed by atoms with Crippen molar-refractivity contribution in [3.05, 3.63) is 35.4 Å². The molecule has 0 fully saturated rings. The van der Waals surface area contributed by atoms with Crippen LogP contribution >= 0.6 is 0 Å². The number of aryl methyl sites for hydroxylation is 1. The van der Waals surface area contributed by atoms with Crippen LogP contribution in [0.1, 0.15) is 45.7 Å². The molecule has 1 aromatic rings. The minimum atomic E-state index is -3.49. The molecule has 0 aliphatic rings. The lowest BCUT2D eigenvalue weighted by atomic mass is 10.1. The van der Waals surface area contributed by atoms with E-state index in [1.165, 1.54) is 11.4 Å². The number of alkyl carbamates (subject to hydrolysis) is 1. The zero-order valence-corrected chi connectivity index (χ0v) is 17.0. The number of nitrogens with zero attached hydrogens (tertiary/aromatic N) is 1. The normalized spacial score (nSPS) is 13.0. The van der Waals surface area contributed by atoms with Crippen LogP contribution in [0, 0.1) is 6.92 Å². The molecule has 0 atom stereocenters. The maximum atomic E-state index is 12.6. The molecule has 0 bridgehead atoms. The summed E-state index contributed by atoms with van der Waals surface area (Å²) in [5, 5.41) is 2.72. The summed E-state index contributed by atoms with van der Waals surface area (Å²) >= 11 is 0. The maximum absolute atomic E-state index is 12.6. The van der Waals surface area contributed by atoms with E-state index in [1.54, 1.807) is 34.6 Å². The number of likely N-dealkylation sites (N-methyl/N-ethyl adjacent to an activating group) is 1. The second-order valence-electron chi connectivity index (χ2n) is 8.01. The van der Waals surface area contributed by atoms with E-state index in [4.69, 9.17) is 4.74 Å². The molecule has 7 heteroatoms. The van der Waals surface area contributed by atoms with Crippen LogP contribution < -0.4 is 5.32 Å². The lowest BCUT2D eigenvalue weighted by molar-refractivity contribution is 0.0464.